The molecule has 6 rings (SSSR count). The van der Waals surface area contributed by atoms with E-state index in [1.54, 1.807) is 18.2 Å². The smallest absolute Gasteiger partial charge is 0.343 e. The maximum absolute atomic E-state index is 13.1. The van der Waals surface area contributed by atoms with Gasteiger partial charge in [0.25, 0.3) is 5.69 Å². The zero-order valence-electron chi connectivity index (χ0n) is 22.8. The minimum atomic E-state index is -0.442. The van der Waals surface area contributed by atoms with Gasteiger partial charge in [-0.05, 0) is 72.7 Å². The van der Waals surface area contributed by atoms with E-state index in [0.717, 1.165) is 45.1 Å². The van der Waals surface area contributed by atoms with Crippen LogP contribution in [0.2, 0.25) is 0 Å². The fraction of sp³-hybridized carbons (Fsp3) is 0.0571. The lowest BCUT2D eigenvalue weighted by Gasteiger charge is -2.15. The molecule has 7 heteroatoms. The van der Waals surface area contributed by atoms with Crippen LogP contribution in [-0.2, 0) is 9.53 Å². The number of hydrogen-bond acceptors (Lipinski definition) is 5. The van der Waals surface area contributed by atoms with Gasteiger partial charge in [0.1, 0.15) is 11.5 Å². The highest BCUT2D eigenvalue weighted by molar-refractivity contribution is 6.06. The molecule has 0 saturated carbocycles. The second-order valence-corrected chi connectivity index (χ2v) is 9.63. The number of aromatic nitrogens is 1. The van der Waals surface area contributed by atoms with Crippen LogP contribution in [0.1, 0.15) is 18.1 Å². The van der Waals surface area contributed by atoms with Crippen LogP contribution < -0.4 is 4.74 Å². The van der Waals surface area contributed by atoms with Crippen LogP contribution in [0.3, 0.4) is 0 Å². The summed E-state index contributed by atoms with van der Waals surface area (Å²) in [6.07, 6.45) is 3.58. The normalized spacial score (nSPS) is 13.6. The van der Waals surface area contributed by atoms with Gasteiger partial charge >= 0.3 is 5.97 Å². The van der Waals surface area contributed by atoms with Crippen LogP contribution in [0.5, 0.6) is 5.75 Å². The van der Waals surface area contributed by atoms with Gasteiger partial charge in [-0.2, -0.15) is 0 Å². The molecule has 5 aromatic rings. The van der Waals surface area contributed by atoms with Gasteiger partial charge in [-0.3, -0.25) is 10.1 Å². The lowest BCUT2D eigenvalue weighted by atomic mass is 10.0. The second-order valence-electron chi connectivity index (χ2n) is 9.63. The number of esters is 1. The molecule has 206 valence electrons. The third-order valence-electron chi connectivity index (χ3n) is 6.95. The highest BCUT2D eigenvalue weighted by Crippen LogP contribution is 2.38. The summed E-state index contributed by atoms with van der Waals surface area (Å²) >= 11 is 0. The third kappa shape index (κ3) is 5.23. The summed E-state index contributed by atoms with van der Waals surface area (Å²) in [5.74, 6) is 0.770. The molecule has 0 saturated heterocycles. The topological polar surface area (TPSA) is 83.6 Å². The van der Waals surface area contributed by atoms with Crippen molar-refractivity contribution in [3.8, 4) is 34.0 Å². The summed E-state index contributed by atoms with van der Waals surface area (Å²) < 4.78 is 13.3. The largest absolute Gasteiger partial charge is 0.494 e. The molecule has 7 nitrogen and oxygen atoms in total. The van der Waals surface area contributed by atoms with Crippen molar-refractivity contribution in [2.45, 2.75) is 6.92 Å². The quantitative estimate of drug-likeness (QED) is 0.0838. The van der Waals surface area contributed by atoms with E-state index in [2.05, 4.69) is 4.57 Å². The molecule has 2 heterocycles. The first-order chi connectivity index (χ1) is 20.5. The van der Waals surface area contributed by atoms with Crippen LogP contribution in [0.15, 0.2) is 127 Å². The zero-order valence-corrected chi connectivity index (χ0v) is 22.8. The van der Waals surface area contributed by atoms with Gasteiger partial charge in [0, 0.05) is 28.9 Å². The van der Waals surface area contributed by atoms with Crippen molar-refractivity contribution < 1.29 is 19.2 Å². The molecule has 0 atom stereocenters. The molecule has 1 aromatic heterocycles. The highest BCUT2D eigenvalue weighted by Gasteiger charge is 2.25. The zero-order chi connectivity index (χ0) is 29.1. The van der Waals surface area contributed by atoms with E-state index in [4.69, 9.17) is 9.47 Å². The number of cyclic esters (lactones) is 1. The first kappa shape index (κ1) is 26.5. The first-order valence-electron chi connectivity index (χ1n) is 13.5. The average Bonchev–Trinajstić information content (AvgIpc) is 3.59. The number of rotatable bonds is 8. The third-order valence-corrected chi connectivity index (χ3v) is 6.95. The molecule has 0 unspecified atom stereocenters. The molecule has 0 spiro atoms. The Balaban J connectivity index is 1.53. The van der Waals surface area contributed by atoms with Crippen molar-refractivity contribution in [2.24, 2.45) is 0 Å². The van der Waals surface area contributed by atoms with E-state index in [9.17, 15) is 14.9 Å². The predicted molar refractivity (Wildman–Crippen MR) is 163 cm³/mol. The molecule has 0 amide bonds. The van der Waals surface area contributed by atoms with Crippen LogP contribution in [0.25, 0.3) is 40.0 Å². The number of non-ortho nitro benzene ring substituents is 1. The maximum Gasteiger partial charge on any atom is 0.343 e. The fourth-order valence-electron chi connectivity index (χ4n) is 5.03. The van der Waals surface area contributed by atoms with Gasteiger partial charge in [-0.1, -0.05) is 60.7 Å². The number of carbonyl (C=O) groups is 1. The maximum atomic E-state index is 13.1. The van der Waals surface area contributed by atoms with Crippen LogP contribution in [0, 0.1) is 10.1 Å². The lowest BCUT2D eigenvalue weighted by molar-refractivity contribution is -0.384. The lowest BCUT2D eigenvalue weighted by Crippen LogP contribution is -2.01. The molecule has 0 aliphatic carbocycles. The summed E-state index contributed by atoms with van der Waals surface area (Å²) in [7, 11) is 0. The Kier molecular flexibility index (Phi) is 7.22. The number of nitrogens with zero attached hydrogens (tertiary/aromatic N) is 2. The average molecular weight is 555 g/mol. The predicted octanol–water partition coefficient (Wildman–Crippen LogP) is 8.10. The van der Waals surface area contributed by atoms with Crippen LogP contribution in [-0.4, -0.2) is 22.1 Å². The van der Waals surface area contributed by atoms with E-state index in [0.29, 0.717) is 17.9 Å². The number of ether oxygens (including phenoxy) is 2. The molecule has 0 bridgehead atoms. The Hall–Kier alpha value is -5.69. The van der Waals surface area contributed by atoms with E-state index in [1.807, 2.05) is 104 Å². The monoisotopic (exact) mass is 554 g/mol. The van der Waals surface area contributed by atoms with Crippen LogP contribution in [0.4, 0.5) is 5.69 Å². The molecule has 4 aromatic carbocycles. The fourth-order valence-corrected chi connectivity index (χ4v) is 5.03. The van der Waals surface area contributed by atoms with Gasteiger partial charge in [-0.15, -0.1) is 0 Å². The number of benzene rings is 4. The van der Waals surface area contributed by atoms with E-state index < -0.39 is 10.9 Å². The van der Waals surface area contributed by atoms with Gasteiger partial charge in [0.2, 0.25) is 0 Å². The van der Waals surface area contributed by atoms with Crippen molar-refractivity contribution in [2.75, 3.05) is 6.61 Å². The Morgan fingerprint density at radius 1 is 0.833 bits per heavy atom. The standard InChI is InChI=1S/C35H26N2O5/c1-2-41-31-19-13-25(14-20-31)33-23-28(35(38)42-33)21-27-22-32(24-9-5-3-6-10-24)36(34(27)26-11-7-4-8-12-26)29-15-17-30(18-16-29)37(39)40/h3-23H,2H2,1H3/b28-21-. The number of hydrogen-bond donors (Lipinski definition) is 0. The summed E-state index contributed by atoms with van der Waals surface area (Å²) in [6.45, 7) is 2.49. The van der Waals surface area contributed by atoms with Crippen molar-refractivity contribution >= 4 is 23.5 Å². The van der Waals surface area contributed by atoms with Crippen molar-refractivity contribution in [3.05, 3.63) is 148 Å². The van der Waals surface area contributed by atoms with Crippen molar-refractivity contribution in [1.82, 2.24) is 4.57 Å². The minimum absolute atomic E-state index is 0.0106. The molecule has 0 N–H and O–H groups in total. The number of nitro benzene ring substituents is 1. The summed E-state index contributed by atoms with van der Waals surface area (Å²) in [4.78, 5) is 24.0. The summed E-state index contributed by atoms with van der Waals surface area (Å²) in [5.41, 5.74) is 6.34. The molecule has 0 radical (unpaired) electrons. The Morgan fingerprint density at radius 3 is 2.10 bits per heavy atom. The second kappa shape index (κ2) is 11.4. The molecular weight excluding hydrogens is 528 g/mol. The Morgan fingerprint density at radius 2 is 1.48 bits per heavy atom. The minimum Gasteiger partial charge on any atom is -0.494 e. The van der Waals surface area contributed by atoms with Gasteiger partial charge in [0.05, 0.1) is 28.5 Å². The molecular formula is C35H26N2O5. The van der Waals surface area contributed by atoms with E-state index in [1.165, 1.54) is 12.1 Å². The van der Waals surface area contributed by atoms with E-state index in [-0.39, 0.29) is 5.69 Å². The Bertz CT molecular complexity index is 1820. The highest BCUT2D eigenvalue weighted by atomic mass is 16.6. The van der Waals surface area contributed by atoms with E-state index >= 15 is 0 Å². The molecule has 1 aliphatic heterocycles. The molecule has 0 fully saturated rings. The summed E-state index contributed by atoms with van der Waals surface area (Å²) in [6, 6.07) is 35.7. The summed E-state index contributed by atoms with van der Waals surface area (Å²) in [5, 5.41) is 11.4. The molecule has 1 aliphatic rings. The first-order valence-corrected chi connectivity index (χ1v) is 13.5. The van der Waals surface area contributed by atoms with Crippen LogP contribution >= 0.6 is 0 Å². The Labute approximate surface area is 242 Å². The molecule has 42 heavy (non-hydrogen) atoms. The van der Waals surface area contributed by atoms with Crippen molar-refractivity contribution in [1.29, 1.82) is 0 Å². The SMILES string of the molecule is CCOc1ccc(C2=C/C(=C/c3cc(-c4ccccc4)n(-c4ccc([N+](=O)[O-])cc4)c3-c3ccccc3)C(=O)O2)cc1. The number of carbonyl (C=O) groups excluding carboxylic acids is 1. The van der Waals surface area contributed by atoms with Gasteiger partial charge in [0.15, 0.2) is 0 Å². The number of nitro groups is 1. The van der Waals surface area contributed by atoms with Gasteiger partial charge < -0.3 is 14.0 Å². The van der Waals surface area contributed by atoms with Gasteiger partial charge in [-0.25, -0.2) is 4.79 Å². The van der Waals surface area contributed by atoms with Crippen molar-refractivity contribution in [3.63, 3.8) is 0 Å².